The van der Waals surface area contributed by atoms with Crippen LogP contribution in [0.3, 0.4) is 0 Å². The van der Waals surface area contributed by atoms with E-state index >= 15 is 0 Å². The van der Waals surface area contributed by atoms with Gasteiger partial charge in [-0.05, 0) is 12.1 Å². The Hall–Kier alpha value is -2.34. The van der Waals surface area contributed by atoms with Crippen molar-refractivity contribution < 1.29 is 14.6 Å². The van der Waals surface area contributed by atoms with Gasteiger partial charge in [-0.3, -0.25) is 0 Å². The lowest BCUT2D eigenvalue weighted by atomic mass is 10.3. The van der Waals surface area contributed by atoms with Crippen molar-refractivity contribution in [2.75, 3.05) is 18.0 Å². The molecule has 1 aromatic heterocycles. The van der Waals surface area contributed by atoms with E-state index < -0.39 is 5.97 Å². The average Bonchev–Trinajstić information content (AvgIpc) is 2.98. The van der Waals surface area contributed by atoms with E-state index in [1.165, 1.54) is 12.4 Å². The molecule has 0 radical (unpaired) electrons. The van der Waals surface area contributed by atoms with Gasteiger partial charge in [0.2, 0.25) is 0 Å². The van der Waals surface area contributed by atoms with E-state index in [1.807, 2.05) is 23.1 Å². The molecule has 0 saturated carbocycles. The first-order valence-electron chi connectivity index (χ1n) is 6.85. The summed E-state index contributed by atoms with van der Waals surface area (Å²) < 4.78 is 5.90. The van der Waals surface area contributed by atoms with Crippen molar-refractivity contribution in [3.8, 4) is 5.75 Å². The van der Waals surface area contributed by atoms with Crippen molar-refractivity contribution in [1.29, 1.82) is 0 Å². The Labute approximate surface area is 132 Å². The summed E-state index contributed by atoms with van der Waals surface area (Å²) in [6, 6.07) is 7.37. The molecule has 1 aliphatic rings. The predicted molar refractivity (Wildman–Crippen MR) is 81.7 cm³/mol. The molecule has 22 heavy (non-hydrogen) atoms. The van der Waals surface area contributed by atoms with Crippen LogP contribution < -0.4 is 9.64 Å². The third kappa shape index (κ3) is 3.12. The first-order valence-corrected chi connectivity index (χ1v) is 7.23. The van der Waals surface area contributed by atoms with E-state index in [2.05, 4.69) is 9.97 Å². The Morgan fingerprint density at radius 1 is 1.32 bits per heavy atom. The number of hydrogen-bond acceptors (Lipinski definition) is 5. The van der Waals surface area contributed by atoms with Crippen LogP contribution in [0.1, 0.15) is 16.9 Å². The highest BCUT2D eigenvalue weighted by molar-refractivity contribution is 6.32. The second-order valence-corrected chi connectivity index (χ2v) is 5.38. The fourth-order valence-corrected chi connectivity index (χ4v) is 2.53. The summed E-state index contributed by atoms with van der Waals surface area (Å²) in [7, 11) is 0. The molecule has 1 N–H and O–H groups in total. The summed E-state index contributed by atoms with van der Waals surface area (Å²) in [5.41, 5.74) is -0.0631. The van der Waals surface area contributed by atoms with E-state index in [4.69, 9.17) is 21.4 Å². The number of carboxylic acid groups (broad SMARTS) is 1. The molecule has 6 nitrogen and oxygen atoms in total. The van der Waals surface area contributed by atoms with Gasteiger partial charge in [0.25, 0.3) is 0 Å². The Morgan fingerprint density at radius 2 is 2.14 bits per heavy atom. The van der Waals surface area contributed by atoms with E-state index in [-0.39, 0.29) is 11.8 Å². The van der Waals surface area contributed by atoms with E-state index in [9.17, 15) is 4.79 Å². The smallest absolute Gasteiger partial charge is 0.356 e. The number of rotatable bonds is 4. The van der Waals surface area contributed by atoms with Crippen LogP contribution in [0.25, 0.3) is 0 Å². The molecule has 0 spiro atoms. The van der Waals surface area contributed by atoms with Gasteiger partial charge < -0.3 is 14.7 Å². The van der Waals surface area contributed by atoms with Gasteiger partial charge in [-0.25, -0.2) is 14.8 Å². The quantitative estimate of drug-likeness (QED) is 0.933. The SMILES string of the molecule is O=C(O)c1cnc(N2CCC(Oc3ccccc3Cl)C2)cn1. The monoisotopic (exact) mass is 319 g/mol. The molecule has 0 amide bonds. The molecule has 7 heteroatoms. The minimum absolute atomic E-state index is 0.0147. The number of anilines is 1. The Morgan fingerprint density at radius 3 is 2.82 bits per heavy atom. The molecule has 0 bridgehead atoms. The van der Waals surface area contributed by atoms with Crippen molar-refractivity contribution >= 4 is 23.4 Å². The molecule has 2 heterocycles. The van der Waals surface area contributed by atoms with Gasteiger partial charge in [0.15, 0.2) is 5.69 Å². The number of carbonyl (C=O) groups is 1. The highest BCUT2D eigenvalue weighted by Crippen LogP contribution is 2.27. The fourth-order valence-electron chi connectivity index (χ4n) is 2.35. The maximum Gasteiger partial charge on any atom is 0.356 e. The van der Waals surface area contributed by atoms with Crippen LogP contribution >= 0.6 is 11.6 Å². The lowest BCUT2D eigenvalue weighted by Crippen LogP contribution is -2.25. The van der Waals surface area contributed by atoms with E-state index in [0.29, 0.717) is 23.1 Å². The van der Waals surface area contributed by atoms with Crippen molar-refractivity contribution in [1.82, 2.24) is 9.97 Å². The molecule has 1 unspecified atom stereocenters. The van der Waals surface area contributed by atoms with Crippen molar-refractivity contribution in [3.05, 3.63) is 47.4 Å². The first-order chi connectivity index (χ1) is 10.6. The largest absolute Gasteiger partial charge is 0.487 e. The molecule has 1 fully saturated rings. The van der Waals surface area contributed by atoms with Crippen LogP contribution in [0.15, 0.2) is 36.7 Å². The number of halogens is 1. The van der Waals surface area contributed by atoms with Crippen molar-refractivity contribution in [3.63, 3.8) is 0 Å². The average molecular weight is 320 g/mol. The second kappa shape index (κ2) is 6.19. The zero-order valence-corrected chi connectivity index (χ0v) is 12.4. The number of para-hydroxylation sites is 1. The summed E-state index contributed by atoms with van der Waals surface area (Å²) in [4.78, 5) is 20.8. The summed E-state index contributed by atoms with van der Waals surface area (Å²) in [6.07, 6.45) is 3.59. The highest BCUT2D eigenvalue weighted by Gasteiger charge is 2.25. The van der Waals surface area contributed by atoms with Gasteiger partial charge in [-0.2, -0.15) is 0 Å². The summed E-state index contributed by atoms with van der Waals surface area (Å²) in [5.74, 6) is 0.235. The van der Waals surface area contributed by atoms with Crippen molar-refractivity contribution in [2.45, 2.75) is 12.5 Å². The number of aromatic nitrogens is 2. The standard InChI is InChI=1S/C15H14ClN3O3/c16-11-3-1-2-4-13(11)22-10-5-6-19(9-10)14-8-17-12(7-18-14)15(20)21/h1-4,7-8,10H,5-6,9H2,(H,20,21). The number of hydrogen-bond donors (Lipinski definition) is 1. The van der Waals surface area contributed by atoms with Crippen LogP contribution in [0, 0.1) is 0 Å². The molecule has 0 aliphatic carbocycles. The third-order valence-corrected chi connectivity index (χ3v) is 3.77. The molecular weight excluding hydrogens is 306 g/mol. The van der Waals surface area contributed by atoms with Gasteiger partial charge in [-0.1, -0.05) is 23.7 Å². The van der Waals surface area contributed by atoms with E-state index in [1.54, 1.807) is 6.07 Å². The van der Waals surface area contributed by atoms with Gasteiger partial charge in [0, 0.05) is 13.0 Å². The number of ether oxygens (including phenoxy) is 1. The lowest BCUT2D eigenvalue weighted by molar-refractivity contribution is 0.0690. The summed E-state index contributed by atoms with van der Waals surface area (Å²) in [6.45, 7) is 1.43. The second-order valence-electron chi connectivity index (χ2n) is 4.97. The third-order valence-electron chi connectivity index (χ3n) is 3.46. The summed E-state index contributed by atoms with van der Waals surface area (Å²) >= 11 is 6.09. The Bertz CT molecular complexity index is 678. The van der Waals surface area contributed by atoms with Gasteiger partial charge >= 0.3 is 5.97 Å². The first kappa shape index (κ1) is 14.6. The lowest BCUT2D eigenvalue weighted by Gasteiger charge is -2.18. The molecule has 114 valence electrons. The molecular formula is C15H14ClN3O3. The van der Waals surface area contributed by atoms with Crippen LogP contribution in [0.5, 0.6) is 5.75 Å². The van der Waals surface area contributed by atoms with Crippen molar-refractivity contribution in [2.24, 2.45) is 0 Å². The Kier molecular flexibility index (Phi) is 4.11. The van der Waals surface area contributed by atoms with Crippen LogP contribution in [-0.2, 0) is 0 Å². The zero-order chi connectivity index (χ0) is 15.5. The molecule has 1 aliphatic heterocycles. The maximum absolute atomic E-state index is 10.8. The summed E-state index contributed by atoms with van der Waals surface area (Å²) in [5, 5.41) is 9.41. The number of benzene rings is 1. The zero-order valence-electron chi connectivity index (χ0n) is 11.6. The molecule has 1 saturated heterocycles. The number of aromatic carboxylic acids is 1. The van der Waals surface area contributed by atoms with E-state index in [0.717, 1.165) is 13.0 Å². The molecule has 3 rings (SSSR count). The van der Waals surface area contributed by atoms with Crippen LogP contribution in [0.2, 0.25) is 5.02 Å². The topological polar surface area (TPSA) is 75.5 Å². The number of carboxylic acids is 1. The molecule has 1 atom stereocenters. The van der Waals surface area contributed by atoms with Crippen LogP contribution in [-0.4, -0.2) is 40.2 Å². The normalized spacial score (nSPS) is 17.5. The minimum atomic E-state index is -1.08. The van der Waals surface area contributed by atoms with Gasteiger partial charge in [0.05, 0.1) is 24.0 Å². The fraction of sp³-hybridized carbons (Fsp3) is 0.267. The van der Waals surface area contributed by atoms with Crippen LogP contribution in [0.4, 0.5) is 5.82 Å². The maximum atomic E-state index is 10.8. The van der Waals surface area contributed by atoms with Gasteiger partial charge in [-0.15, -0.1) is 0 Å². The highest BCUT2D eigenvalue weighted by atomic mass is 35.5. The predicted octanol–water partition coefficient (Wildman–Crippen LogP) is 2.49. The molecule has 2 aromatic rings. The molecule has 1 aromatic carbocycles. The Balaban J connectivity index is 1.65. The number of nitrogens with zero attached hydrogens (tertiary/aromatic N) is 3. The minimum Gasteiger partial charge on any atom is -0.487 e. The van der Waals surface area contributed by atoms with Gasteiger partial charge in [0.1, 0.15) is 17.7 Å².